The summed E-state index contributed by atoms with van der Waals surface area (Å²) < 4.78 is 258. The standard InChI is InChI=1S/C20H22F17O4S2/c1-10(2)12(38)9-42(8-11-6-4-3-5-7-11)41-43(39,40)20(36,37)18(31,32)16(27,28)14(23,24)13(21,22)15(25,26)17(29,30)19(33,34)35/h10-11H,3-9H2,1-2H3/q+1. The van der Waals surface area contributed by atoms with Crippen molar-refractivity contribution in [3.05, 3.63) is 0 Å². The molecule has 0 aromatic heterocycles. The molecule has 1 fully saturated rings. The van der Waals surface area contributed by atoms with E-state index in [1.807, 2.05) is 0 Å². The van der Waals surface area contributed by atoms with Gasteiger partial charge in [0.15, 0.2) is 17.0 Å². The highest BCUT2D eigenvalue weighted by atomic mass is 32.3. The van der Waals surface area contributed by atoms with Crippen LogP contribution in [-0.2, 0) is 29.7 Å². The van der Waals surface area contributed by atoms with Crippen molar-refractivity contribution in [2.75, 3.05) is 11.5 Å². The molecule has 4 nitrogen and oxygen atoms in total. The molecule has 1 rings (SSSR count). The number of hydrogen-bond acceptors (Lipinski definition) is 4. The molecule has 0 aliphatic heterocycles. The van der Waals surface area contributed by atoms with Crippen LogP contribution in [0.4, 0.5) is 74.6 Å². The monoisotopic (exact) mass is 713 g/mol. The zero-order valence-corrected chi connectivity index (χ0v) is 23.1. The summed E-state index contributed by atoms with van der Waals surface area (Å²) in [5.41, 5.74) is 0. The minimum Gasteiger partial charge on any atom is -0.294 e. The number of ketones is 1. The lowest BCUT2D eigenvalue weighted by Gasteiger charge is -2.42. The van der Waals surface area contributed by atoms with Crippen molar-refractivity contribution in [3.63, 3.8) is 0 Å². The fraction of sp³-hybridized carbons (Fsp3) is 0.950. The molecule has 0 aromatic carbocycles. The summed E-state index contributed by atoms with van der Waals surface area (Å²) >= 11 is -2.70. The molecule has 0 N–H and O–H groups in total. The predicted octanol–water partition coefficient (Wildman–Crippen LogP) is 7.64. The number of alkyl halides is 17. The van der Waals surface area contributed by atoms with Gasteiger partial charge in [0.05, 0.1) is 0 Å². The third-order valence-corrected chi connectivity index (χ3v) is 10.1. The highest BCUT2D eigenvalue weighted by Crippen LogP contribution is 2.64. The molecule has 1 saturated carbocycles. The van der Waals surface area contributed by atoms with Gasteiger partial charge in [-0.3, -0.25) is 4.79 Å². The maximum Gasteiger partial charge on any atom is 0.460 e. The van der Waals surface area contributed by atoms with Crippen LogP contribution in [0.2, 0.25) is 0 Å². The van der Waals surface area contributed by atoms with Gasteiger partial charge in [0, 0.05) is 11.8 Å². The summed E-state index contributed by atoms with van der Waals surface area (Å²) in [6, 6.07) is 0. The van der Waals surface area contributed by atoms with Gasteiger partial charge in [-0.1, -0.05) is 33.1 Å². The lowest BCUT2D eigenvalue weighted by atomic mass is 9.91. The van der Waals surface area contributed by atoms with E-state index in [0.717, 1.165) is 0 Å². The first kappa shape index (κ1) is 39.8. The van der Waals surface area contributed by atoms with Gasteiger partial charge in [0.25, 0.3) is 0 Å². The number of Topliss-reactive ketones (excluding diaryl/α,β-unsaturated/α-hetero) is 1. The second-order valence-electron chi connectivity index (χ2n) is 9.86. The van der Waals surface area contributed by atoms with Gasteiger partial charge in [-0.15, -0.1) is 0 Å². The Hall–Kier alpha value is -1.26. The molecule has 0 amide bonds. The van der Waals surface area contributed by atoms with Crippen LogP contribution >= 0.6 is 0 Å². The zero-order valence-electron chi connectivity index (χ0n) is 21.5. The molecule has 0 bridgehead atoms. The van der Waals surface area contributed by atoms with Crippen LogP contribution < -0.4 is 0 Å². The molecule has 1 atom stereocenters. The van der Waals surface area contributed by atoms with Crippen LogP contribution in [-0.4, -0.2) is 72.7 Å². The Kier molecular flexibility index (Phi) is 11.2. The fourth-order valence-electron chi connectivity index (χ4n) is 3.53. The summed E-state index contributed by atoms with van der Waals surface area (Å²) in [7, 11) is -7.71. The van der Waals surface area contributed by atoms with Crippen LogP contribution in [0.1, 0.15) is 46.0 Å². The SMILES string of the molecule is CC(C)C(=O)C[S+](CC1CCCCC1)OS(=O)(=O)C(F)(F)C(F)(F)C(F)(F)C(F)(F)C(F)(F)C(F)(F)C(F)(F)C(F)(F)F. The Bertz CT molecular complexity index is 1100. The summed E-state index contributed by atoms with van der Waals surface area (Å²) in [5.74, 6) is -56.5. The van der Waals surface area contributed by atoms with E-state index in [-0.39, 0.29) is 12.8 Å². The van der Waals surface area contributed by atoms with Crippen molar-refractivity contribution < 1.29 is 91.5 Å². The van der Waals surface area contributed by atoms with Gasteiger partial charge in [0.1, 0.15) is 5.75 Å². The lowest BCUT2D eigenvalue weighted by molar-refractivity contribution is -0.458. The van der Waals surface area contributed by atoms with E-state index in [1.54, 1.807) is 0 Å². The minimum atomic E-state index is -8.92. The Balaban J connectivity index is 3.61. The van der Waals surface area contributed by atoms with Crippen LogP contribution in [0, 0.1) is 11.8 Å². The van der Waals surface area contributed by atoms with E-state index >= 15 is 0 Å². The van der Waals surface area contributed by atoms with Crippen molar-refractivity contribution in [1.29, 1.82) is 0 Å². The Morgan fingerprint density at radius 2 is 1.05 bits per heavy atom. The molecule has 1 aliphatic carbocycles. The third kappa shape index (κ3) is 6.67. The van der Waals surface area contributed by atoms with E-state index in [9.17, 15) is 87.8 Å². The largest absolute Gasteiger partial charge is 0.460 e. The van der Waals surface area contributed by atoms with E-state index in [2.05, 4.69) is 3.63 Å². The van der Waals surface area contributed by atoms with Crippen molar-refractivity contribution in [2.45, 2.75) is 92.9 Å². The van der Waals surface area contributed by atoms with Crippen molar-refractivity contribution in [1.82, 2.24) is 0 Å². The molecule has 1 unspecified atom stereocenters. The highest BCUT2D eigenvalue weighted by Gasteiger charge is 2.96. The molecule has 0 heterocycles. The van der Waals surface area contributed by atoms with E-state index in [0.29, 0.717) is 19.3 Å². The summed E-state index contributed by atoms with van der Waals surface area (Å²) in [6.07, 6.45) is -5.85. The van der Waals surface area contributed by atoms with E-state index in [4.69, 9.17) is 0 Å². The molecule has 23 heteroatoms. The summed E-state index contributed by atoms with van der Waals surface area (Å²) in [4.78, 5) is 12.1. The molecule has 0 aromatic rings. The van der Waals surface area contributed by atoms with Gasteiger partial charge in [0.2, 0.25) is 5.75 Å². The van der Waals surface area contributed by atoms with E-state index in [1.165, 1.54) is 13.8 Å². The van der Waals surface area contributed by atoms with Gasteiger partial charge >= 0.3 is 57.1 Å². The molecular formula is C20H22F17O4S2+. The Morgan fingerprint density at radius 1 is 0.674 bits per heavy atom. The summed E-state index contributed by atoms with van der Waals surface area (Å²) in [5, 5.41) is -7.76. The molecule has 0 spiro atoms. The topological polar surface area (TPSA) is 60.4 Å². The normalized spacial score (nSPS) is 18.7. The van der Waals surface area contributed by atoms with Crippen LogP contribution in [0.5, 0.6) is 0 Å². The molecule has 1 aliphatic rings. The predicted molar refractivity (Wildman–Crippen MR) is 114 cm³/mol. The molecular weight excluding hydrogens is 691 g/mol. The molecule has 43 heavy (non-hydrogen) atoms. The van der Waals surface area contributed by atoms with Crippen LogP contribution in [0.25, 0.3) is 0 Å². The average Bonchev–Trinajstić information content (AvgIpc) is 2.82. The first-order chi connectivity index (χ1) is 18.8. The number of carbonyl (C=O) groups excluding carboxylic acids is 1. The first-order valence-corrected chi connectivity index (χ1v) is 14.5. The average molecular weight is 713 g/mol. The highest BCUT2D eigenvalue weighted by molar-refractivity contribution is 8.03. The maximum absolute atomic E-state index is 14.4. The number of halogens is 17. The molecule has 0 saturated heterocycles. The second kappa shape index (κ2) is 12.2. The Morgan fingerprint density at radius 3 is 1.42 bits per heavy atom. The second-order valence-corrected chi connectivity index (χ2v) is 13.3. The van der Waals surface area contributed by atoms with Crippen molar-refractivity contribution in [2.24, 2.45) is 11.8 Å². The quantitative estimate of drug-likeness (QED) is 0.137. The van der Waals surface area contributed by atoms with Gasteiger partial charge in [-0.05, 0) is 16.5 Å². The molecule has 256 valence electrons. The lowest BCUT2D eigenvalue weighted by Crippen LogP contribution is -2.75. The smallest absolute Gasteiger partial charge is 0.294 e. The Labute approximate surface area is 235 Å². The van der Waals surface area contributed by atoms with Crippen molar-refractivity contribution in [3.8, 4) is 0 Å². The third-order valence-electron chi connectivity index (χ3n) is 6.29. The molecule has 0 radical (unpaired) electrons. The number of carbonyl (C=O) groups is 1. The number of hydrogen-bond donors (Lipinski definition) is 0. The summed E-state index contributed by atoms with van der Waals surface area (Å²) in [6.45, 7) is 2.37. The van der Waals surface area contributed by atoms with E-state index < -0.39 is 97.4 Å². The number of rotatable bonds is 14. The van der Waals surface area contributed by atoms with Crippen molar-refractivity contribution >= 4 is 27.1 Å². The fourth-order valence-corrected chi connectivity index (χ4v) is 7.37. The maximum atomic E-state index is 14.4. The van der Waals surface area contributed by atoms with Crippen LogP contribution in [0.3, 0.4) is 0 Å². The first-order valence-electron chi connectivity index (χ1n) is 11.6. The minimum absolute atomic E-state index is 0.242. The zero-order chi connectivity index (χ0) is 34.5. The van der Waals surface area contributed by atoms with Crippen LogP contribution in [0.15, 0.2) is 0 Å². The van der Waals surface area contributed by atoms with Gasteiger partial charge in [-0.2, -0.15) is 83.1 Å². The van der Waals surface area contributed by atoms with Gasteiger partial charge in [-0.25, -0.2) is 0 Å². The van der Waals surface area contributed by atoms with Gasteiger partial charge < -0.3 is 0 Å².